The minimum absolute atomic E-state index is 0.124. The lowest BCUT2D eigenvalue weighted by atomic mass is 10.2. The smallest absolute Gasteiger partial charge is 0.236 e. The van der Waals surface area contributed by atoms with Gasteiger partial charge in [0.2, 0.25) is 5.91 Å². The van der Waals surface area contributed by atoms with Crippen LogP contribution in [-0.2, 0) is 4.79 Å². The highest BCUT2D eigenvalue weighted by Crippen LogP contribution is 2.38. The van der Waals surface area contributed by atoms with E-state index in [1.807, 2.05) is 48.7 Å². The summed E-state index contributed by atoms with van der Waals surface area (Å²) in [6, 6.07) is 11.6. The summed E-state index contributed by atoms with van der Waals surface area (Å²) in [6.07, 6.45) is 1.65. The van der Waals surface area contributed by atoms with Gasteiger partial charge in [-0.05, 0) is 31.2 Å². The Hall–Kier alpha value is -2.82. The maximum absolute atomic E-state index is 12.0. The summed E-state index contributed by atoms with van der Waals surface area (Å²) < 4.78 is 5.45. The molecule has 1 N–H and O–H groups in total. The average Bonchev–Trinajstić information content (AvgIpc) is 3.42. The van der Waals surface area contributed by atoms with Gasteiger partial charge in [-0.15, -0.1) is 32.9 Å². The van der Waals surface area contributed by atoms with E-state index in [4.69, 9.17) is 9.72 Å². The van der Waals surface area contributed by atoms with E-state index in [0.29, 0.717) is 10.2 Å². The lowest BCUT2D eigenvalue weighted by Crippen LogP contribution is -2.13. The first-order valence-electron chi connectivity index (χ1n) is 8.91. The normalized spacial score (nSPS) is 10.7. The highest BCUT2D eigenvalue weighted by molar-refractivity contribution is 7.99. The van der Waals surface area contributed by atoms with Crippen LogP contribution in [0.3, 0.4) is 0 Å². The molecule has 152 valence electrons. The third-order valence-electron chi connectivity index (χ3n) is 4.04. The Kier molecular flexibility index (Phi) is 6.36. The molecule has 30 heavy (non-hydrogen) atoms. The van der Waals surface area contributed by atoms with Crippen LogP contribution in [0.5, 0.6) is 5.75 Å². The van der Waals surface area contributed by atoms with Gasteiger partial charge in [0.05, 0.1) is 29.0 Å². The van der Waals surface area contributed by atoms with E-state index in [0.717, 1.165) is 32.6 Å². The number of carbonyl (C=O) groups is 1. The number of thioether (sulfide) groups is 1. The second-order valence-corrected chi connectivity index (χ2v) is 8.95. The number of nitrogens with zero attached hydrogens (tertiary/aromatic N) is 4. The fraction of sp³-hybridized carbons (Fsp3) is 0.150. The van der Waals surface area contributed by atoms with E-state index < -0.39 is 0 Å². The van der Waals surface area contributed by atoms with Crippen LogP contribution in [-0.4, -0.2) is 38.9 Å². The summed E-state index contributed by atoms with van der Waals surface area (Å²) in [5.41, 5.74) is 2.59. The van der Waals surface area contributed by atoms with Crippen LogP contribution in [0.1, 0.15) is 5.69 Å². The molecule has 3 heterocycles. The number of hydrogen-bond acceptors (Lipinski definition) is 9. The minimum Gasteiger partial charge on any atom is -0.496 e. The molecule has 10 heteroatoms. The Morgan fingerprint density at radius 2 is 2.07 bits per heavy atom. The fourth-order valence-electron chi connectivity index (χ4n) is 2.67. The lowest BCUT2D eigenvalue weighted by Gasteiger charge is -2.04. The first-order valence-corrected chi connectivity index (χ1v) is 11.6. The van der Waals surface area contributed by atoms with Crippen molar-refractivity contribution in [1.82, 2.24) is 20.2 Å². The van der Waals surface area contributed by atoms with Gasteiger partial charge < -0.3 is 10.1 Å². The quantitative estimate of drug-likeness (QED) is 0.401. The Morgan fingerprint density at radius 3 is 2.80 bits per heavy atom. The summed E-state index contributed by atoms with van der Waals surface area (Å²) in [5.74, 6) is 0.901. The fourth-order valence-corrected chi connectivity index (χ4v) is 4.89. The Bertz CT molecular complexity index is 1140. The summed E-state index contributed by atoms with van der Waals surface area (Å²) >= 11 is 4.26. The van der Waals surface area contributed by atoms with E-state index >= 15 is 0 Å². The minimum atomic E-state index is -0.124. The van der Waals surface area contributed by atoms with Crippen LogP contribution in [0, 0.1) is 6.92 Å². The van der Waals surface area contributed by atoms with Crippen LogP contribution in [0.15, 0.2) is 53.0 Å². The molecular formula is C20H17N5O2S3. The Morgan fingerprint density at radius 1 is 1.20 bits per heavy atom. The third-order valence-corrected chi connectivity index (χ3v) is 6.86. The van der Waals surface area contributed by atoms with Gasteiger partial charge in [0.1, 0.15) is 21.5 Å². The van der Waals surface area contributed by atoms with Crippen molar-refractivity contribution in [3.63, 3.8) is 0 Å². The molecule has 0 saturated carbocycles. The first-order chi connectivity index (χ1) is 14.6. The zero-order valence-corrected chi connectivity index (χ0v) is 18.6. The van der Waals surface area contributed by atoms with Crippen molar-refractivity contribution in [3.05, 3.63) is 53.7 Å². The van der Waals surface area contributed by atoms with E-state index in [1.54, 1.807) is 24.6 Å². The number of aryl methyl sites for hydroxylation is 1. The molecule has 0 saturated heterocycles. The summed E-state index contributed by atoms with van der Waals surface area (Å²) in [5, 5.41) is 15.3. The van der Waals surface area contributed by atoms with Gasteiger partial charge >= 0.3 is 0 Å². The number of para-hydroxylation sites is 1. The molecule has 0 bridgehead atoms. The standard InChI is InChI=1S/C20H17N5O2S3/c1-12-18(30-19(22-12)13-5-3-4-6-15(13)27-2)14-7-8-17(25-24-14)29-11-16(26)23-20-21-9-10-28-20/h3-10H,11H2,1-2H3,(H,21,23,26). The van der Waals surface area contributed by atoms with Crippen molar-refractivity contribution in [1.29, 1.82) is 0 Å². The number of thiazole rings is 2. The van der Waals surface area contributed by atoms with E-state index in [2.05, 4.69) is 20.5 Å². The highest BCUT2D eigenvalue weighted by atomic mass is 32.2. The number of anilines is 1. The van der Waals surface area contributed by atoms with Crippen LogP contribution in [0.2, 0.25) is 0 Å². The number of benzene rings is 1. The molecule has 0 aliphatic rings. The van der Waals surface area contributed by atoms with Crippen molar-refractivity contribution in [3.8, 4) is 26.9 Å². The van der Waals surface area contributed by atoms with E-state index in [1.165, 1.54) is 23.1 Å². The van der Waals surface area contributed by atoms with Crippen LogP contribution in [0.4, 0.5) is 5.13 Å². The predicted molar refractivity (Wildman–Crippen MR) is 121 cm³/mol. The lowest BCUT2D eigenvalue weighted by molar-refractivity contribution is -0.113. The molecule has 0 spiro atoms. The van der Waals surface area contributed by atoms with Gasteiger partial charge in [-0.1, -0.05) is 23.9 Å². The number of nitrogens with one attached hydrogen (secondary N) is 1. The number of aromatic nitrogens is 4. The van der Waals surface area contributed by atoms with E-state index in [9.17, 15) is 4.79 Å². The maximum atomic E-state index is 12.0. The molecule has 4 aromatic rings. The maximum Gasteiger partial charge on any atom is 0.236 e. The molecule has 0 unspecified atom stereocenters. The average molecular weight is 456 g/mol. The summed E-state index contributed by atoms with van der Waals surface area (Å²) in [4.78, 5) is 21.7. The zero-order chi connectivity index (χ0) is 20.9. The highest BCUT2D eigenvalue weighted by Gasteiger charge is 2.16. The van der Waals surface area contributed by atoms with Crippen molar-refractivity contribution in [2.75, 3.05) is 18.2 Å². The van der Waals surface area contributed by atoms with Gasteiger partial charge in [0, 0.05) is 11.6 Å². The number of ether oxygens (including phenoxy) is 1. The molecule has 4 rings (SSSR count). The molecule has 0 radical (unpaired) electrons. The zero-order valence-electron chi connectivity index (χ0n) is 16.2. The van der Waals surface area contributed by atoms with Gasteiger partial charge in [-0.2, -0.15) is 0 Å². The topological polar surface area (TPSA) is 89.9 Å². The monoisotopic (exact) mass is 455 g/mol. The molecule has 3 aromatic heterocycles. The van der Waals surface area contributed by atoms with Gasteiger partial charge in [0.15, 0.2) is 5.13 Å². The molecule has 0 fully saturated rings. The molecule has 0 aliphatic carbocycles. The Balaban J connectivity index is 1.45. The third kappa shape index (κ3) is 4.66. The van der Waals surface area contributed by atoms with Gasteiger partial charge in [-0.25, -0.2) is 9.97 Å². The van der Waals surface area contributed by atoms with Crippen molar-refractivity contribution in [2.24, 2.45) is 0 Å². The van der Waals surface area contributed by atoms with E-state index in [-0.39, 0.29) is 11.7 Å². The van der Waals surface area contributed by atoms with Gasteiger partial charge in [-0.3, -0.25) is 4.79 Å². The van der Waals surface area contributed by atoms with Crippen LogP contribution >= 0.6 is 34.4 Å². The first kappa shape index (κ1) is 20.5. The molecule has 1 aromatic carbocycles. The Labute approximate surface area is 185 Å². The van der Waals surface area contributed by atoms with Gasteiger partial charge in [0.25, 0.3) is 0 Å². The number of amides is 1. The SMILES string of the molecule is COc1ccccc1-c1nc(C)c(-c2ccc(SCC(=O)Nc3nccs3)nn2)s1. The molecule has 7 nitrogen and oxygen atoms in total. The number of carbonyl (C=O) groups excluding carboxylic acids is 1. The predicted octanol–water partition coefficient (Wildman–Crippen LogP) is 4.77. The van der Waals surface area contributed by atoms with Crippen molar-refractivity contribution < 1.29 is 9.53 Å². The second kappa shape index (κ2) is 9.33. The molecule has 0 aliphatic heterocycles. The molecular weight excluding hydrogens is 438 g/mol. The number of hydrogen-bond donors (Lipinski definition) is 1. The second-order valence-electron chi connectivity index (χ2n) is 6.06. The summed E-state index contributed by atoms with van der Waals surface area (Å²) in [7, 11) is 1.65. The number of methoxy groups -OCH3 is 1. The van der Waals surface area contributed by atoms with Crippen LogP contribution < -0.4 is 10.1 Å². The summed E-state index contributed by atoms with van der Waals surface area (Å²) in [6.45, 7) is 1.96. The van der Waals surface area contributed by atoms with Crippen LogP contribution in [0.25, 0.3) is 21.1 Å². The largest absolute Gasteiger partial charge is 0.496 e. The number of rotatable bonds is 7. The molecule has 0 atom stereocenters. The molecule has 1 amide bonds. The van der Waals surface area contributed by atoms with Crippen molar-refractivity contribution in [2.45, 2.75) is 11.9 Å². The van der Waals surface area contributed by atoms with Crippen molar-refractivity contribution >= 4 is 45.5 Å².